The van der Waals surface area contributed by atoms with Crippen LogP contribution in [-0.2, 0) is 4.79 Å². The maximum atomic E-state index is 11.7. The molecule has 0 atom stereocenters. The lowest BCUT2D eigenvalue weighted by atomic mass is 10.1. The second-order valence-electron chi connectivity index (χ2n) is 5.69. The van der Waals surface area contributed by atoms with E-state index in [0.717, 1.165) is 5.75 Å². The molecule has 0 spiro atoms. The zero-order valence-electron chi connectivity index (χ0n) is 14.0. The summed E-state index contributed by atoms with van der Waals surface area (Å²) in [5.74, 6) is 1.19. The van der Waals surface area contributed by atoms with Crippen molar-refractivity contribution < 1.29 is 9.53 Å². The first-order chi connectivity index (χ1) is 10.4. The first-order valence-corrected chi connectivity index (χ1v) is 7.19. The molecule has 1 heterocycles. The van der Waals surface area contributed by atoms with Crippen molar-refractivity contribution in [2.45, 2.75) is 26.3 Å². The molecule has 0 aliphatic rings. The normalized spacial score (nSPS) is 11.2. The minimum Gasteiger partial charge on any atom is -0.490 e. The molecule has 130 valence electrons. The molecule has 7 nitrogen and oxygen atoms in total. The summed E-state index contributed by atoms with van der Waals surface area (Å²) in [6.07, 6.45) is 3.35. The molecule has 0 aromatic carbocycles. The second-order valence-corrected chi connectivity index (χ2v) is 5.69. The zero-order chi connectivity index (χ0) is 16.4. The summed E-state index contributed by atoms with van der Waals surface area (Å²) in [5, 5.41) is 8.89. The van der Waals surface area contributed by atoms with Crippen LogP contribution < -0.4 is 20.7 Å². The molecule has 0 fully saturated rings. The molecule has 0 bridgehead atoms. The number of amides is 1. The average Bonchev–Trinajstić information content (AvgIpc) is 2.46. The molecular weight excluding hydrogens is 409 g/mol. The maximum Gasteiger partial charge on any atom is 0.239 e. The van der Waals surface area contributed by atoms with Gasteiger partial charge in [0.2, 0.25) is 5.91 Å². The van der Waals surface area contributed by atoms with Gasteiger partial charge >= 0.3 is 0 Å². The van der Waals surface area contributed by atoms with Crippen molar-refractivity contribution >= 4 is 35.8 Å². The molecule has 1 rings (SSSR count). The molecule has 0 unspecified atom stereocenters. The van der Waals surface area contributed by atoms with E-state index < -0.39 is 0 Å². The molecule has 3 N–H and O–H groups in total. The van der Waals surface area contributed by atoms with Crippen LogP contribution in [0.5, 0.6) is 5.75 Å². The molecule has 0 aliphatic heterocycles. The maximum absolute atomic E-state index is 11.7. The van der Waals surface area contributed by atoms with E-state index in [0.29, 0.717) is 19.1 Å². The van der Waals surface area contributed by atoms with Gasteiger partial charge in [-0.15, -0.1) is 24.0 Å². The van der Waals surface area contributed by atoms with E-state index in [1.54, 1.807) is 19.4 Å². The van der Waals surface area contributed by atoms with Gasteiger partial charge in [-0.2, -0.15) is 0 Å². The van der Waals surface area contributed by atoms with Crippen LogP contribution in [0.15, 0.2) is 29.5 Å². The minimum atomic E-state index is -0.243. The van der Waals surface area contributed by atoms with Crippen LogP contribution in [0.1, 0.15) is 20.8 Å². The number of ether oxygens (including phenoxy) is 1. The highest BCUT2D eigenvalue weighted by Crippen LogP contribution is 2.04. The molecular formula is C15H26IN5O2. The zero-order valence-corrected chi connectivity index (χ0v) is 16.4. The van der Waals surface area contributed by atoms with Gasteiger partial charge in [-0.05, 0) is 32.9 Å². The van der Waals surface area contributed by atoms with Gasteiger partial charge in [0.25, 0.3) is 0 Å². The SMILES string of the molecule is CN=C(NCCOc1cccnc1)NCC(=O)NC(C)(C)C.I. The van der Waals surface area contributed by atoms with Gasteiger partial charge in [-0.3, -0.25) is 14.8 Å². The highest BCUT2D eigenvalue weighted by Gasteiger charge is 2.13. The predicted octanol–water partition coefficient (Wildman–Crippen LogP) is 1.16. The molecule has 1 aromatic heterocycles. The fraction of sp³-hybridized carbons (Fsp3) is 0.533. The number of carbonyl (C=O) groups is 1. The van der Waals surface area contributed by atoms with E-state index in [2.05, 4.69) is 25.9 Å². The number of rotatable bonds is 6. The Kier molecular flexibility index (Phi) is 10.3. The van der Waals surface area contributed by atoms with Crippen molar-refractivity contribution in [1.29, 1.82) is 0 Å². The Morgan fingerprint density at radius 2 is 2.09 bits per heavy atom. The molecule has 0 radical (unpaired) electrons. The van der Waals surface area contributed by atoms with Crippen molar-refractivity contribution in [1.82, 2.24) is 20.9 Å². The van der Waals surface area contributed by atoms with Gasteiger partial charge in [-0.25, -0.2) is 0 Å². The van der Waals surface area contributed by atoms with E-state index in [4.69, 9.17) is 4.74 Å². The molecule has 23 heavy (non-hydrogen) atoms. The topological polar surface area (TPSA) is 87.6 Å². The van der Waals surface area contributed by atoms with Gasteiger partial charge in [0.15, 0.2) is 5.96 Å². The Bertz CT molecular complexity index is 488. The number of hydrogen-bond acceptors (Lipinski definition) is 4. The third kappa shape index (κ3) is 10.7. The van der Waals surface area contributed by atoms with Crippen LogP contribution in [0.4, 0.5) is 0 Å². The number of halogens is 1. The number of hydrogen-bond donors (Lipinski definition) is 3. The number of aliphatic imine (C=N–C) groups is 1. The van der Waals surface area contributed by atoms with E-state index >= 15 is 0 Å². The quantitative estimate of drug-likeness (QED) is 0.270. The Hall–Kier alpha value is -1.58. The Morgan fingerprint density at radius 3 is 2.65 bits per heavy atom. The number of aromatic nitrogens is 1. The van der Waals surface area contributed by atoms with Gasteiger partial charge in [0.05, 0.1) is 19.3 Å². The van der Waals surface area contributed by atoms with E-state index in [1.807, 2.05) is 32.9 Å². The number of pyridine rings is 1. The molecule has 0 saturated heterocycles. The number of carbonyl (C=O) groups excluding carboxylic acids is 1. The third-order valence-corrected chi connectivity index (χ3v) is 2.45. The molecule has 1 aromatic rings. The lowest BCUT2D eigenvalue weighted by Gasteiger charge is -2.21. The van der Waals surface area contributed by atoms with Crippen LogP contribution in [-0.4, -0.2) is 49.1 Å². The van der Waals surface area contributed by atoms with Crippen LogP contribution >= 0.6 is 24.0 Å². The van der Waals surface area contributed by atoms with Crippen molar-refractivity contribution in [3.8, 4) is 5.75 Å². The van der Waals surface area contributed by atoms with E-state index in [1.165, 1.54) is 0 Å². The number of guanidine groups is 1. The predicted molar refractivity (Wildman–Crippen MR) is 102 cm³/mol. The third-order valence-electron chi connectivity index (χ3n) is 2.45. The first kappa shape index (κ1) is 21.4. The summed E-state index contributed by atoms with van der Waals surface area (Å²) in [6.45, 7) is 7.02. The lowest BCUT2D eigenvalue weighted by Crippen LogP contribution is -2.48. The fourth-order valence-electron chi connectivity index (χ4n) is 1.62. The summed E-state index contributed by atoms with van der Waals surface area (Å²) in [6, 6.07) is 3.66. The monoisotopic (exact) mass is 435 g/mol. The van der Waals surface area contributed by atoms with Crippen molar-refractivity contribution in [3.05, 3.63) is 24.5 Å². The number of nitrogens with one attached hydrogen (secondary N) is 3. The largest absolute Gasteiger partial charge is 0.490 e. The Labute approximate surface area is 154 Å². The van der Waals surface area contributed by atoms with Crippen molar-refractivity contribution in [3.63, 3.8) is 0 Å². The average molecular weight is 435 g/mol. The Morgan fingerprint density at radius 1 is 1.35 bits per heavy atom. The second kappa shape index (κ2) is 11.0. The van der Waals surface area contributed by atoms with E-state index in [-0.39, 0.29) is 42.0 Å². The van der Waals surface area contributed by atoms with Crippen molar-refractivity contribution in [2.75, 3.05) is 26.7 Å². The summed E-state index contributed by atoms with van der Waals surface area (Å²) in [7, 11) is 1.65. The summed E-state index contributed by atoms with van der Waals surface area (Å²) < 4.78 is 5.51. The van der Waals surface area contributed by atoms with Gasteiger partial charge in [0, 0.05) is 18.8 Å². The highest BCUT2D eigenvalue weighted by molar-refractivity contribution is 14.0. The molecule has 8 heteroatoms. The van der Waals surface area contributed by atoms with Crippen LogP contribution in [0.25, 0.3) is 0 Å². The molecule has 1 amide bonds. The highest BCUT2D eigenvalue weighted by atomic mass is 127. The standard InChI is InChI=1S/C15H25N5O2.HI/c1-15(2,3)20-13(21)11-19-14(16-4)18-8-9-22-12-6-5-7-17-10-12;/h5-7,10H,8-9,11H2,1-4H3,(H,20,21)(H2,16,18,19);1H. The van der Waals surface area contributed by atoms with E-state index in [9.17, 15) is 4.79 Å². The molecule has 0 saturated carbocycles. The lowest BCUT2D eigenvalue weighted by molar-refractivity contribution is -0.121. The van der Waals surface area contributed by atoms with Gasteiger partial charge in [0.1, 0.15) is 12.4 Å². The summed E-state index contributed by atoms with van der Waals surface area (Å²) in [4.78, 5) is 19.7. The van der Waals surface area contributed by atoms with Crippen LogP contribution in [0.2, 0.25) is 0 Å². The summed E-state index contributed by atoms with van der Waals surface area (Å²) in [5.41, 5.74) is -0.243. The smallest absolute Gasteiger partial charge is 0.239 e. The number of nitrogens with zero attached hydrogens (tertiary/aromatic N) is 2. The van der Waals surface area contributed by atoms with Gasteiger partial charge < -0.3 is 20.7 Å². The van der Waals surface area contributed by atoms with Crippen molar-refractivity contribution in [2.24, 2.45) is 4.99 Å². The minimum absolute atomic E-state index is 0. The van der Waals surface area contributed by atoms with Crippen LogP contribution in [0, 0.1) is 0 Å². The molecule has 0 aliphatic carbocycles. The van der Waals surface area contributed by atoms with Crippen LogP contribution in [0.3, 0.4) is 0 Å². The van der Waals surface area contributed by atoms with Gasteiger partial charge in [-0.1, -0.05) is 0 Å². The fourth-order valence-corrected chi connectivity index (χ4v) is 1.62. The Balaban J connectivity index is 0.00000484. The summed E-state index contributed by atoms with van der Waals surface area (Å²) >= 11 is 0. The first-order valence-electron chi connectivity index (χ1n) is 7.19.